The largest absolute Gasteiger partial charge is 0.369 e. The third-order valence-electron chi connectivity index (χ3n) is 2.33. The molecule has 0 radical (unpaired) electrons. The molecule has 1 rings (SSSR count). The van der Waals surface area contributed by atoms with Crippen molar-refractivity contribution >= 4 is 23.2 Å². The third-order valence-corrected chi connectivity index (χ3v) is 2.33. The van der Waals surface area contributed by atoms with Gasteiger partial charge < -0.3 is 15.4 Å². The van der Waals surface area contributed by atoms with Crippen molar-refractivity contribution in [1.82, 2.24) is 0 Å². The number of carbonyl (C=O) groups is 2. The molecule has 0 aliphatic rings. The minimum absolute atomic E-state index is 0.00260. The van der Waals surface area contributed by atoms with Gasteiger partial charge >= 0.3 is 0 Å². The third kappa shape index (κ3) is 4.67. The monoisotopic (exact) mass is 268 g/mol. The summed E-state index contributed by atoms with van der Waals surface area (Å²) < 4.78 is 18.7. The Kier molecular flexibility index (Phi) is 5.44. The predicted molar refractivity (Wildman–Crippen MR) is 70.4 cm³/mol. The number of rotatable bonds is 5. The van der Waals surface area contributed by atoms with Gasteiger partial charge in [-0.1, -0.05) is 0 Å². The van der Waals surface area contributed by atoms with Gasteiger partial charge in [-0.2, -0.15) is 0 Å². The van der Waals surface area contributed by atoms with Gasteiger partial charge in [0.1, 0.15) is 11.9 Å². The van der Waals surface area contributed by atoms with Gasteiger partial charge in [-0.3, -0.25) is 9.59 Å². The number of nitrogens with one attached hydrogen (secondary N) is 2. The highest BCUT2D eigenvalue weighted by Gasteiger charge is 2.15. The maximum absolute atomic E-state index is 13.5. The van der Waals surface area contributed by atoms with E-state index < -0.39 is 17.8 Å². The molecule has 0 fully saturated rings. The van der Waals surface area contributed by atoms with E-state index in [0.29, 0.717) is 12.3 Å². The van der Waals surface area contributed by atoms with Crippen LogP contribution in [0.25, 0.3) is 0 Å². The highest BCUT2D eigenvalue weighted by atomic mass is 19.1. The first kappa shape index (κ1) is 15.1. The second kappa shape index (κ2) is 6.84. The molecule has 2 N–H and O–H groups in total. The van der Waals surface area contributed by atoms with Crippen LogP contribution >= 0.6 is 0 Å². The summed E-state index contributed by atoms with van der Waals surface area (Å²) in [7, 11) is 0. The Morgan fingerprint density at radius 2 is 2.05 bits per heavy atom. The number of hydrogen-bond donors (Lipinski definition) is 2. The molecule has 1 atom stereocenters. The Bertz CT molecular complexity index is 477. The SMILES string of the molecule is CCO[C@H](C)C(=O)Nc1cc(NC(C)=O)ccc1F. The lowest BCUT2D eigenvalue weighted by atomic mass is 10.2. The molecule has 0 aliphatic heterocycles. The molecule has 1 aromatic carbocycles. The zero-order valence-electron chi connectivity index (χ0n) is 11.1. The molecule has 0 saturated heterocycles. The summed E-state index contributed by atoms with van der Waals surface area (Å²) in [6, 6.07) is 3.94. The van der Waals surface area contributed by atoms with Crippen LogP contribution in [0.4, 0.5) is 15.8 Å². The van der Waals surface area contributed by atoms with Crippen LogP contribution in [0.15, 0.2) is 18.2 Å². The van der Waals surface area contributed by atoms with Crippen LogP contribution in [0.2, 0.25) is 0 Å². The number of hydrogen-bond acceptors (Lipinski definition) is 3. The summed E-state index contributed by atoms with van der Waals surface area (Å²) in [5, 5.41) is 4.93. The fourth-order valence-electron chi connectivity index (χ4n) is 1.46. The van der Waals surface area contributed by atoms with Gasteiger partial charge in [0.05, 0.1) is 5.69 Å². The number of anilines is 2. The lowest BCUT2D eigenvalue weighted by molar-refractivity contribution is -0.126. The zero-order valence-corrected chi connectivity index (χ0v) is 11.1. The first-order valence-corrected chi connectivity index (χ1v) is 5.93. The first-order chi connectivity index (χ1) is 8.93. The Hall–Kier alpha value is -1.95. The molecule has 0 aliphatic carbocycles. The standard InChI is InChI=1S/C13H17FN2O3/c1-4-19-8(2)13(18)16-12-7-10(15-9(3)17)5-6-11(12)14/h5-8H,4H2,1-3H3,(H,15,17)(H,16,18)/t8-/m1/s1. The van der Waals surface area contributed by atoms with Crippen LogP contribution in [-0.2, 0) is 14.3 Å². The summed E-state index contributed by atoms with van der Waals surface area (Å²) in [6.45, 7) is 5.08. The topological polar surface area (TPSA) is 67.4 Å². The van der Waals surface area contributed by atoms with Gasteiger partial charge in [-0.15, -0.1) is 0 Å². The van der Waals surface area contributed by atoms with Crippen molar-refractivity contribution in [3.05, 3.63) is 24.0 Å². The van der Waals surface area contributed by atoms with Crippen LogP contribution in [0.3, 0.4) is 0 Å². The number of amides is 2. The summed E-state index contributed by atoms with van der Waals surface area (Å²) in [5.41, 5.74) is 0.413. The fraction of sp³-hybridized carbons (Fsp3) is 0.385. The molecule has 19 heavy (non-hydrogen) atoms. The van der Waals surface area contributed by atoms with E-state index in [1.807, 2.05) is 0 Å². The molecule has 0 unspecified atom stereocenters. The number of ether oxygens (including phenoxy) is 1. The van der Waals surface area contributed by atoms with Crippen molar-refractivity contribution in [2.24, 2.45) is 0 Å². The van der Waals surface area contributed by atoms with E-state index in [9.17, 15) is 14.0 Å². The number of carbonyl (C=O) groups excluding carboxylic acids is 2. The Morgan fingerprint density at radius 3 is 2.63 bits per heavy atom. The second-order valence-corrected chi connectivity index (χ2v) is 3.96. The molecule has 0 spiro atoms. The van der Waals surface area contributed by atoms with E-state index in [-0.39, 0.29) is 11.6 Å². The molecule has 2 amide bonds. The zero-order chi connectivity index (χ0) is 14.4. The highest BCUT2D eigenvalue weighted by Crippen LogP contribution is 2.20. The van der Waals surface area contributed by atoms with Crippen LogP contribution in [0.1, 0.15) is 20.8 Å². The average molecular weight is 268 g/mol. The molecule has 104 valence electrons. The average Bonchev–Trinajstić information content (AvgIpc) is 2.33. The summed E-state index contributed by atoms with van der Waals surface area (Å²) in [6.07, 6.45) is -0.672. The molecule has 1 aromatic rings. The molecule has 0 heterocycles. The van der Waals surface area contributed by atoms with Crippen LogP contribution in [0, 0.1) is 5.82 Å². The quantitative estimate of drug-likeness (QED) is 0.859. The van der Waals surface area contributed by atoms with Crippen molar-refractivity contribution in [3.63, 3.8) is 0 Å². The molecule has 0 aromatic heterocycles. The smallest absolute Gasteiger partial charge is 0.253 e. The molecule has 0 saturated carbocycles. The molecule has 0 bridgehead atoms. The van der Waals surface area contributed by atoms with Gasteiger partial charge in [0, 0.05) is 19.2 Å². The summed E-state index contributed by atoms with van der Waals surface area (Å²) in [4.78, 5) is 22.6. The van der Waals surface area contributed by atoms with Gasteiger partial charge in [-0.05, 0) is 32.0 Å². The van der Waals surface area contributed by atoms with Crippen molar-refractivity contribution in [1.29, 1.82) is 0 Å². The van der Waals surface area contributed by atoms with Crippen LogP contribution in [0.5, 0.6) is 0 Å². The predicted octanol–water partition coefficient (Wildman–Crippen LogP) is 2.15. The minimum Gasteiger partial charge on any atom is -0.369 e. The summed E-state index contributed by atoms with van der Waals surface area (Å²) in [5.74, 6) is -1.29. The van der Waals surface area contributed by atoms with E-state index in [0.717, 1.165) is 0 Å². The van der Waals surface area contributed by atoms with Crippen molar-refractivity contribution in [3.8, 4) is 0 Å². The minimum atomic E-state index is -0.672. The Labute approximate surface area is 111 Å². The Balaban J connectivity index is 2.82. The van der Waals surface area contributed by atoms with Crippen molar-refractivity contribution in [2.75, 3.05) is 17.2 Å². The van der Waals surface area contributed by atoms with Crippen LogP contribution in [-0.4, -0.2) is 24.5 Å². The van der Waals surface area contributed by atoms with E-state index in [4.69, 9.17) is 4.74 Å². The van der Waals surface area contributed by atoms with E-state index in [1.54, 1.807) is 13.8 Å². The van der Waals surface area contributed by atoms with Crippen LogP contribution < -0.4 is 10.6 Å². The maximum atomic E-state index is 13.5. The molecular weight excluding hydrogens is 251 g/mol. The second-order valence-electron chi connectivity index (χ2n) is 3.96. The fourth-order valence-corrected chi connectivity index (χ4v) is 1.46. The van der Waals surface area contributed by atoms with Crippen molar-refractivity contribution < 1.29 is 18.7 Å². The van der Waals surface area contributed by atoms with Gasteiger partial charge in [-0.25, -0.2) is 4.39 Å². The molecular formula is C13H17FN2O3. The Morgan fingerprint density at radius 1 is 1.37 bits per heavy atom. The van der Waals surface area contributed by atoms with Gasteiger partial charge in [0.2, 0.25) is 5.91 Å². The molecule has 6 heteroatoms. The number of benzene rings is 1. The van der Waals surface area contributed by atoms with Crippen molar-refractivity contribution in [2.45, 2.75) is 26.9 Å². The highest BCUT2D eigenvalue weighted by molar-refractivity contribution is 5.95. The lowest BCUT2D eigenvalue weighted by Gasteiger charge is -2.13. The lowest BCUT2D eigenvalue weighted by Crippen LogP contribution is -2.28. The van der Waals surface area contributed by atoms with Gasteiger partial charge in [0.15, 0.2) is 0 Å². The number of halogens is 1. The maximum Gasteiger partial charge on any atom is 0.253 e. The normalized spacial score (nSPS) is 11.8. The summed E-state index contributed by atoms with van der Waals surface area (Å²) >= 11 is 0. The molecule has 5 nitrogen and oxygen atoms in total. The van der Waals surface area contributed by atoms with E-state index >= 15 is 0 Å². The first-order valence-electron chi connectivity index (χ1n) is 5.93. The van der Waals surface area contributed by atoms with E-state index in [2.05, 4.69) is 10.6 Å². The van der Waals surface area contributed by atoms with E-state index in [1.165, 1.54) is 25.1 Å². The van der Waals surface area contributed by atoms with Gasteiger partial charge in [0.25, 0.3) is 5.91 Å².